The number of carbonyl (C=O) groups excluding carboxylic acids is 2. The van der Waals surface area contributed by atoms with Crippen molar-refractivity contribution in [2.24, 2.45) is 0 Å². The average Bonchev–Trinajstić information content (AvgIpc) is 3.28. The summed E-state index contributed by atoms with van der Waals surface area (Å²) in [5, 5.41) is 72.0. The number of ether oxygens (including phenoxy) is 6. The smallest absolute Gasteiger partial charge is 0.306 e. The van der Waals surface area contributed by atoms with Gasteiger partial charge >= 0.3 is 11.9 Å². The molecule has 15 nitrogen and oxygen atoms in total. The van der Waals surface area contributed by atoms with Gasteiger partial charge in [0.25, 0.3) is 0 Å². The van der Waals surface area contributed by atoms with Crippen molar-refractivity contribution in [3.8, 4) is 0 Å². The van der Waals surface area contributed by atoms with Gasteiger partial charge in [-0.2, -0.15) is 0 Å². The van der Waals surface area contributed by atoms with Gasteiger partial charge < -0.3 is 64.2 Å². The van der Waals surface area contributed by atoms with Crippen LogP contribution in [0.2, 0.25) is 0 Å². The van der Waals surface area contributed by atoms with Crippen LogP contribution in [0.25, 0.3) is 0 Å². The third-order valence-corrected chi connectivity index (χ3v) is 12.3. The highest BCUT2D eigenvalue weighted by Crippen LogP contribution is 2.26. The summed E-state index contributed by atoms with van der Waals surface area (Å²) in [7, 11) is 0. The predicted molar refractivity (Wildman–Crippen MR) is 238 cm³/mol. The molecule has 2 aliphatic rings. The zero-order valence-corrected chi connectivity index (χ0v) is 39.1. The molecule has 0 radical (unpaired) electrons. The Morgan fingerprint density at radius 1 is 0.444 bits per heavy atom. The molecule has 0 aromatic carbocycles. The van der Waals surface area contributed by atoms with Gasteiger partial charge in [-0.1, -0.05) is 174 Å². The van der Waals surface area contributed by atoms with Gasteiger partial charge in [0.1, 0.15) is 55.4 Å². The Morgan fingerprint density at radius 3 is 1.24 bits per heavy atom. The zero-order valence-electron chi connectivity index (χ0n) is 39.1. The molecule has 2 saturated heterocycles. The first kappa shape index (κ1) is 57.6. The standard InChI is InChI=1S/C48H90O15/c1-3-5-7-9-11-13-15-17-18-19-21-23-25-27-29-31-40(51)61-36(33-58-39(50)30-28-26-24-22-20-16-14-12-10-8-6-4-2)34-59-47-46(57)44(55)42(53)38(63-47)35-60-48-45(56)43(54)41(52)37(32-49)62-48/h36-38,41-49,52-57H,3-35H2,1-2H3/t36-,37-,38-,41+,42+,43?,44?,45?,46?,47-,48-/m1/s1. The van der Waals surface area contributed by atoms with Gasteiger partial charge in [-0.05, 0) is 12.8 Å². The van der Waals surface area contributed by atoms with E-state index in [1.165, 1.54) is 122 Å². The quantitative estimate of drug-likeness (QED) is 0.0260. The highest BCUT2D eigenvalue weighted by Gasteiger charge is 2.47. The van der Waals surface area contributed by atoms with E-state index in [0.717, 1.165) is 38.5 Å². The van der Waals surface area contributed by atoms with Crippen molar-refractivity contribution in [1.82, 2.24) is 0 Å². The van der Waals surface area contributed by atoms with Crippen molar-refractivity contribution in [3.63, 3.8) is 0 Å². The first-order valence-corrected chi connectivity index (χ1v) is 25.1. The van der Waals surface area contributed by atoms with Crippen LogP contribution in [0.15, 0.2) is 0 Å². The first-order chi connectivity index (χ1) is 30.5. The lowest BCUT2D eigenvalue weighted by Gasteiger charge is -2.42. The number of unbranched alkanes of at least 4 members (excludes halogenated alkanes) is 25. The lowest BCUT2D eigenvalue weighted by Crippen LogP contribution is -2.61. The van der Waals surface area contributed by atoms with E-state index in [4.69, 9.17) is 28.4 Å². The van der Waals surface area contributed by atoms with Gasteiger partial charge in [0.2, 0.25) is 0 Å². The second kappa shape index (κ2) is 36.6. The van der Waals surface area contributed by atoms with Crippen molar-refractivity contribution >= 4 is 11.9 Å². The molecule has 7 N–H and O–H groups in total. The molecule has 2 heterocycles. The Balaban J connectivity index is 1.82. The maximum absolute atomic E-state index is 13.0. The summed E-state index contributed by atoms with van der Waals surface area (Å²) in [6.07, 6.45) is 15.6. The Morgan fingerprint density at radius 2 is 0.810 bits per heavy atom. The van der Waals surface area contributed by atoms with Gasteiger partial charge in [0.15, 0.2) is 18.7 Å². The minimum Gasteiger partial charge on any atom is -0.462 e. The normalized spacial score (nSPS) is 26.7. The second-order valence-corrected chi connectivity index (χ2v) is 18.0. The maximum Gasteiger partial charge on any atom is 0.306 e. The highest BCUT2D eigenvalue weighted by atomic mass is 16.7. The molecule has 63 heavy (non-hydrogen) atoms. The monoisotopic (exact) mass is 907 g/mol. The van der Waals surface area contributed by atoms with E-state index in [-0.39, 0.29) is 26.1 Å². The molecule has 0 aromatic heterocycles. The summed E-state index contributed by atoms with van der Waals surface area (Å²) in [6.45, 7) is 2.61. The van der Waals surface area contributed by atoms with Gasteiger partial charge in [-0.15, -0.1) is 0 Å². The maximum atomic E-state index is 13.0. The Kier molecular flexibility index (Phi) is 33.5. The molecule has 0 saturated carbocycles. The molecule has 4 unspecified atom stereocenters. The zero-order chi connectivity index (χ0) is 46.1. The van der Waals surface area contributed by atoms with E-state index in [2.05, 4.69) is 13.8 Å². The summed E-state index contributed by atoms with van der Waals surface area (Å²) >= 11 is 0. The fourth-order valence-corrected chi connectivity index (χ4v) is 8.16. The Bertz CT molecular complexity index is 1110. The molecule has 2 aliphatic heterocycles. The SMILES string of the molecule is CCCCCCCCCCCCCCCCCC(=O)O[C@H](COC(=O)CCCCCCCCCCCCCC)CO[C@@H]1O[C@H](CO[C@@H]2O[C@H](CO)[C@H](O)C(O)C2O)[C@H](O)C(O)C1O. The number of hydrogen-bond acceptors (Lipinski definition) is 15. The fraction of sp³-hybridized carbons (Fsp3) is 0.958. The van der Waals surface area contributed by atoms with E-state index in [9.17, 15) is 45.3 Å². The summed E-state index contributed by atoms with van der Waals surface area (Å²) in [5.41, 5.74) is 0. The third-order valence-electron chi connectivity index (χ3n) is 12.3. The molecule has 0 bridgehead atoms. The van der Waals surface area contributed by atoms with Crippen LogP contribution < -0.4 is 0 Å². The molecule has 0 aromatic rings. The van der Waals surface area contributed by atoms with E-state index in [1.807, 2.05) is 0 Å². The predicted octanol–water partition coefficient (Wildman–Crippen LogP) is 6.43. The van der Waals surface area contributed by atoms with Crippen LogP contribution in [0, 0.1) is 0 Å². The number of aliphatic hydroxyl groups excluding tert-OH is 7. The summed E-state index contributed by atoms with van der Waals surface area (Å²) in [5.74, 6) is -0.912. The van der Waals surface area contributed by atoms with Crippen LogP contribution >= 0.6 is 0 Å². The van der Waals surface area contributed by atoms with E-state index in [1.54, 1.807) is 0 Å². The van der Waals surface area contributed by atoms with E-state index >= 15 is 0 Å². The highest BCUT2D eigenvalue weighted by molar-refractivity contribution is 5.70. The van der Waals surface area contributed by atoms with Crippen LogP contribution in [0.3, 0.4) is 0 Å². The largest absolute Gasteiger partial charge is 0.462 e. The van der Waals surface area contributed by atoms with Crippen molar-refractivity contribution in [2.75, 3.05) is 26.4 Å². The van der Waals surface area contributed by atoms with Crippen LogP contribution in [0.4, 0.5) is 0 Å². The van der Waals surface area contributed by atoms with Crippen molar-refractivity contribution in [1.29, 1.82) is 0 Å². The molecule has 0 spiro atoms. The van der Waals surface area contributed by atoms with Gasteiger partial charge in [0.05, 0.1) is 19.8 Å². The van der Waals surface area contributed by atoms with Gasteiger partial charge in [0, 0.05) is 12.8 Å². The number of hydrogen-bond donors (Lipinski definition) is 7. The molecule has 372 valence electrons. The number of carbonyl (C=O) groups is 2. The Hall–Kier alpha value is -1.50. The summed E-state index contributed by atoms with van der Waals surface area (Å²) in [6, 6.07) is 0. The molecule has 2 rings (SSSR count). The molecule has 2 fully saturated rings. The number of esters is 2. The lowest BCUT2D eigenvalue weighted by atomic mass is 9.98. The number of rotatable bonds is 39. The van der Waals surface area contributed by atoms with Crippen molar-refractivity contribution < 1.29 is 73.8 Å². The molecular weight excluding hydrogens is 817 g/mol. The minimum absolute atomic E-state index is 0.173. The molecule has 0 amide bonds. The summed E-state index contributed by atoms with van der Waals surface area (Å²) < 4.78 is 33.5. The van der Waals surface area contributed by atoms with Gasteiger partial charge in [-0.3, -0.25) is 9.59 Å². The lowest BCUT2D eigenvalue weighted by molar-refractivity contribution is -0.332. The molecule has 11 atom stereocenters. The van der Waals surface area contributed by atoms with E-state index < -0.39 is 92.7 Å². The number of aliphatic hydroxyl groups is 7. The van der Waals surface area contributed by atoms with Crippen LogP contribution in [0.5, 0.6) is 0 Å². The average molecular weight is 907 g/mol. The third kappa shape index (κ3) is 25.3. The van der Waals surface area contributed by atoms with Crippen LogP contribution in [-0.4, -0.2) is 142 Å². The van der Waals surface area contributed by atoms with Crippen molar-refractivity contribution in [3.05, 3.63) is 0 Å². The van der Waals surface area contributed by atoms with E-state index in [0.29, 0.717) is 12.8 Å². The molecule has 15 heteroatoms. The second-order valence-electron chi connectivity index (χ2n) is 18.0. The summed E-state index contributed by atoms with van der Waals surface area (Å²) in [4.78, 5) is 25.7. The topological polar surface area (TPSA) is 231 Å². The minimum atomic E-state index is -1.76. The molecule has 0 aliphatic carbocycles. The van der Waals surface area contributed by atoms with Crippen LogP contribution in [-0.2, 0) is 38.0 Å². The molecular formula is C48H90O15. The fourth-order valence-electron chi connectivity index (χ4n) is 8.16. The Labute approximate surface area is 378 Å². The van der Waals surface area contributed by atoms with Crippen LogP contribution in [0.1, 0.15) is 200 Å². The first-order valence-electron chi connectivity index (χ1n) is 25.1. The van der Waals surface area contributed by atoms with Gasteiger partial charge in [-0.25, -0.2) is 0 Å². The van der Waals surface area contributed by atoms with Crippen molar-refractivity contribution in [2.45, 2.75) is 268 Å².